The lowest BCUT2D eigenvalue weighted by atomic mass is 9.89. The molecular weight excluding hydrogens is 709 g/mol. The highest BCUT2D eigenvalue weighted by Gasteiger charge is 2.31. The van der Waals surface area contributed by atoms with Gasteiger partial charge in [-0.25, -0.2) is 13.2 Å². The Hall–Kier alpha value is -4.75. The van der Waals surface area contributed by atoms with Gasteiger partial charge in [-0.1, -0.05) is 89.6 Å². The minimum atomic E-state index is -3.75. The van der Waals surface area contributed by atoms with E-state index in [-0.39, 0.29) is 53.5 Å². The first kappa shape index (κ1) is 43.7. The molecular formula is C41H56N4O8S. The van der Waals surface area contributed by atoms with Crippen LogP contribution in [0.25, 0.3) is 0 Å². The second-order valence-corrected chi connectivity index (χ2v) is 16.7. The van der Waals surface area contributed by atoms with Crippen LogP contribution in [-0.2, 0) is 31.9 Å². The second kappa shape index (κ2) is 20.6. The monoisotopic (exact) mass is 764 g/mol. The quantitative estimate of drug-likeness (QED) is 0.0942. The lowest BCUT2D eigenvalue weighted by Crippen LogP contribution is -2.50. The molecule has 3 aromatic carbocycles. The fraction of sp³-hybridized carbons (Fsp3) is 0.463. The topological polar surface area (TPSA) is 182 Å². The number of hydrogen-bond acceptors (Lipinski definition) is 7. The first-order valence-electron chi connectivity index (χ1n) is 18.5. The van der Waals surface area contributed by atoms with E-state index >= 15 is 0 Å². The Morgan fingerprint density at radius 3 is 2.00 bits per heavy atom. The summed E-state index contributed by atoms with van der Waals surface area (Å²) < 4.78 is 27.5. The van der Waals surface area contributed by atoms with Crippen molar-refractivity contribution in [2.75, 3.05) is 11.4 Å². The number of carbonyl (C=O) groups is 4. The predicted octanol–water partition coefficient (Wildman–Crippen LogP) is 5.51. The van der Waals surface area contributed by atoms with Crippen LogP contribution in [0.1, 0.15) is 98.6 Å². The molecule has 0 saturated carbocycles. The summed E-state index contributed by atoms with van der Waals surface area (Å²) in [6.07, 6.45) is 0.844. The maximum Gasteiger partial charge on any atom is 0.335 e. The SMILES string of the molecule is CCC[C@H](C[C@H](O)[C@H](CC(C)C)NC(=O)c1cccc(N(C)S(=O)(=O)Cc2ccccc2)c1)C(=O)N[C@@H](CC(C)C)C(=O)NCc1ccc(C(=O)O)cc1. The van der Waals surface area contributed by atoms with Crippen molar-refractivity contribution in [3.8, 4) is 0 Å². The van der Waals surface area contributed by atoms with Crippen LogP contribution in [0.4, 0.5) is 5.69 Å². The second-order valence-electron chi connectivity index (χ2n) is 14.7. The highest BCUT2D eigenvalue weighted by molar-refractivity contribution is 7.92. The number of carboxylic acid groups (broad SMARTS) is 1. The van der Waals surface area contributed by atoms with Crippen molar-refractivity contribution in [2.45, 2.75) is 97.2 Å². The highest BCUT2D eigenvalue weighted by Crippen LogP contribution is 2.23. The molecule has 294 valence electrons. The van der Waals surface area contributed by atoms with Crippen molar-refractivity contribution in [3.63, 3.8) is 0 Å². The van der Waals surface area contributed by atoms with Gasteiger partial charge in [0, 0.05) is 25.1 Å². The third-order valence-electron chi connectivity index (χ3n) is 9.13. The van der Waals surface area contributed by atoms with Crippen molar-refractivity contribution >= 4 is 39.4 Å². The molecule has 3 amide bonds. The number of carboxylic acids is 1. The van der Waals surface area contributed by atoms with Gasteiger partial charge in [0.25, 0.3) is 5.91 Å². The van der Waals surface area contributed by atoms with E-state index in [9.17, 15) is 32.7 Å². The molecule has 0 aliphatic heterocycles. The summed E-state index contributed by atoms with van der Waals surface area (Å²) in [5.74, 6) is -2.96. The molecule has 0 aliphatic rings. The number of nitrogens with zero attached hydrogens (tertiary/aromatic N) is 1. The number of nitrogens with one attached hydrogen (secondary N) is 3. The average Bonchev–Trinajstić information content (AvgIpc) is 3.12. The predicted molar refractivity (Wildman–Crippen MR) is 210 cm³/mol. The number of benzene rings is 3. The number of sulfonamides is 1. The van der Waals surface area contributed by atoms with Gasteiger partial charge < -0.3 is 26.2 Å². The summed E-state index contributed by atoms with van der Waals surface area (Å²) in [5, 5.41) is 29.4. The zero-order valence-electron chi connectivity index (χ0n) is 32.1. The Labute approximate surface area is 319 Å². The van der Waals surface area contributed by atoms with Gasteiger partial charge in [-0.05, 0) is 79.0 Å². The summed E-state index contributed by atoms with van der Waals surface area (Å²) in [7, 11) is -2.31. The van der Waals surface area contributed by atoms with Crippen molar-refractivity contribution in [1.29, 1.82) is 0 Å². The van der Waals surface area contributed by atoms with Gasteiger partial charge in [-0.3, -0.25) is 18.7 Å². The largest absolute Gasteiger partial charge is 0.478 e. The molecule has 12 nitrogen and oxygen atoms in total. The molecule has 0 fully saturated rings. The summed E-state index contributed by atoms with van der Waals surface area (Å²) in [4.78, 5) is 51.8. The summed E-state index contributed by atoms with van der Waals surface area (Å²) in [6.45, 7) is 9.90. The number of rotatable bonds is 21. The van der Waals surface area contributed by atoms with E-state index in [0.29, 0.717) is 42.5 Å². The van der Waals surface area contributed by atoms with Gasteiger partial charge in [0.1, 0.15) is 6.04 Å². The van der Waals surface area contributed by atoms with Gasteiger partial charge in [-0.2, -0.15) is 0 Å². The number of carbonyl (C=O) groups excluding carboxylic acids is 3. The lowest BCUT2D eigenvalue weighted by molar-refractivity contribution is -0.132. The highest BCUT2D eigenvalue weighted by atomic mass is 32.2. The number of aliphatic hydroxyl groups is 1. The molecule has 0 heterocycles. The van der Waals surface area contributed by atoms with Crippen LogP contribution in [0.2, 0.25) is 0 Å². The number of aliphatic hydroxyl groups excluding tert-OH is 1. The maximum absolute atomic E-state index is 13.7. The first-order valence-corrected chi connectivity index (χ1v) is 20.1. The molecule has 5 N–H and O–H groups in total. The third-order valence-corrected chi connectivity index (χ3v) is 10.9. The minimum Gasteiger partial charge on any atom is -0.478 e. The smallest absolute Gasteiger partial charge is 0.335 e. The van der Waals surface area contributed by atoms with Crippen molar-refractivity contribution < 1.29 is 37.8 Å². The molecule has 13 heteroatoms. The molecule has 3 rings (SSSR count). The van der Waals surface area contributed by atoms with Crippen LogP contribution in [0, 0.1) is 17.8 Å². The number of anilines is 1. The average molecular weight is 765 g/mol. The molecule has 54 heavy (non-hydrogen) atoms. The molecule has 0 unspecified atom stereocenters. The van der Waals surface area contributed by atoms with Gasteiger partial charge in [0.05, 0.1) is 29.1 Å². The van der Waals surface area contributed by atoms with Gasteiger partial charge in [-0.15, -0.1) is 0 Å². The van der Waals surface area contributed by atoms with Gasteiger partial charge >= 0.3 is 5.97 Å². The van der Waals surface area contributed by atoms with Gasteiger partial charge in [0.15, 0.2) is 0 Å². The van der Waals surface area contributed by atoms with E-state index in [1.54, 1.807) is 54.6 Å². The molecule has 0 spiro atoms. The minimum absolute atomic E-state index is 0.0454. The van der Waals surface area contributed by atoms with Crippen LogP contribution in [0.3, 0.4) is 0 Å². The van der Waals surface area contributed by atoms with Crippen LogP contribution in [0.5, 0.6) is 0 Å². The van der Waals surface area contributed by atoms with E-state index in [2.05, 4.69) is 16.0 Å². The Kier molecular flexibility index (Phi) is 16.7. The van der Waals surface area contributed by atoms with Crippen molar-refractivity contribution in [3.05, 3.63) is 101 Å². The molecule has 0 bridgehead atoms. The van der Waals surface area contributed by atoms with Crippen LogP contribution < -0.4 is 20.3 Å². The van der Waals surface area contributed by atoms with Gasteiger partial charge in [0.2, 0.25) is 21.8 Å². The summed E-state index contributed by atoms with van der Waals surface area (Å²) in [6, 6.07) is 19.7. The summed E-state index contributed by atoms with van der Waals surface area (Å²) in [5.41, 5.74) is 2.02. The van der Waals surface area contributed by atoms with Crippen LogP contribution in [0.15, 0.2) is 78.9 Å². The van der Waals surface area contributed by atoms with E-state index in [0.717, 1.165) is 4.31 Å². The molecule has 0 saturated heterocycles. The van der Waals surface area contributed by atoms with E-state index < -0.39 is 46.0 Å². The Morgan fingerprint density at radius 1 is 0.759 bits per heavy atom. The number of amides is 3. The number of aromatic carboxylic acids is 1. The fourth-order valence-electron chi connectivity index (χ4n) is 6.19. The lowest BCUT2D eigenvalue weighted by Gasteiger charge is -2.29. The van der Waals surface area contributed by atoms with Crippen LogP contribution in [-0.4, -0.2) is 67.6 Å². The Morgan fingerprint density at radius 2 is 1.41 bits per heavy atom. The Bertz CT molecular complexity index is 1800. The molecule has 0 aliphatic carbocycles. The van der Waals surface area contributed by atoms with Crippen molar-refractivity contribution in [2.24, 2.45) is 17.8 Å². The maximum atomic E-state index is 13.7. The van der Waals surface area contributed by atoms with Crippen molar-refractivity contribution in [1.82, 2.24) is 16.0 Å². The zero-order valence-corrected chi connectivity index (χ0v) is 32.9. The molecule has 3 aromatic rings. The number of hydrogen-bond donors (Lipinski definition) is 5. The van der Waals surface area contributed by atoms with E-state index in [1.807, 2.05) is 40.7 Å². The fourth-order valence-corrected chi connectivity index (χ4v) is 7.43. The first-order chi connectivity index (χ1) is 25.5. The van der Waals surface area contributed by atoms with E-state index in [4.69, 9.17) is 5.11 Å². The third kappa shape index (κ3) is 13.6. The zero-order chi connectivity index (χ0) is 40.0. The molecule has 0 aromatic heterocycles. The normalized spacial score (nSPS) is 13.8. The Balaban J connectivity index is 1.71. The van der Waals surface area contributed by atoms with Crippen LogP contribution >= 0.6 is 0 Å². The molecule has 4 atom stereocenters. The summed E-state index contributed by atoms with van der Waals surface area (Å²) >= 11 is 0. The molecule has 0 radical (unpaired) electrons. The van der Waals surface area contributed by atoms with E-state index in [1.165, 1.54) is 25.2 Å². The standard InChI is InChI=1S/C41H56N4O8S/c1-7-12-32(38(47)44-36(22-28(4)5)40(49)42-25-29-17-19-31(20-18-29)41(50)51)24-37(46)35(21-27(2)3)43-39(48)33-15-11-16-34(23-33)45(6)54(52,53)26-30-13-9-8-10-14-30/h8-11,13-20,23,27-28,32,35-37,46H,7,12,21-22,24-26H2,1-6H3,(H,42,49)(H,43,48)(H,44,47)(H,50,51)/t32-,35+,36+,37+/m1/s1.